The Morgan fingerprint density at radius 3 is 2.40 bits per heavy atom. The van der Waals surface area contributed by atoms with Crippen molar-refractivity contribution < 1.29 is 18.9 Å². The van der Waals surface area contributed by atoms with E-state index in [1.165, 1.54) is 0 Å². The fourth-order valence-electron chi connectivity index (χ4n) is 1.09. The van der Waals surface area contributed by atoms with Gasteiger partial charge >= 0.3 is 5.97 Å². The highest BCUT2D eigenvalue weighted by molar-refractivity contribution is 7.86. The highest BCUT2D eigenvalue weighted by Crippen LogP contribution is 2.04. The van der Waals surface area contributed by atoms with Crippen LogP contribution in [-0.2, 0) is 20.4 Å². The molecular weight excluding hydrogens is 218 g/mol. The topological polar surface area (TPSA) is 83.5 Å². The van der Waals surface area contributed by atoms with E-state index < -0.39 is 22.0 Å². The van der Waals surface area contributed by atoms with Gasteiger partial charge in [0.05, 0.1) is 0 Å². The smallest absolute Gasteiger partial charge is 0.319 e. The average molecular weight is 235 g/mol. The summed E-state index contributed by atoms with van der Waals surface area (Å²) < 4.78 is 11.5. The van der Waals surface area contributed by atoms with Crippen LogP contribution < -0.4 is 5.32 Å². The molecule has 0 rings (SSSR count). The second-order valence-corrected chi connectivity index (χ2v) is 4.76. The maximum atomic E-state index is 11.5. The number of aliphatic carboxylic acids is 1. The minimum atomic E-state index is -1.47. The van der Waals surface area contributed by atoms with Gasteiger partial charge in [-0.05, 0) is 13.3 Å². The monoisotopic (exact) mass is 235 g/mol. The van der Waals surface area contributed by atoms with E-state index in [9.17, 15) is 13.8 Å². The van der Waals surface area contributed by atoms with Crippen LogP contribution in [0.4, 0.5) is 0 Å². The molecule has 0 heterocycles. The summed E-state index contributed by atoms with van der Waals surface area (Å²) >= 11 is 0. The van der Waals surface area contributed by atoms with Gasteiger partial charge < -0.3 is 10.4 Å². The first-order valence-electron chi connectivity index (χ1n) is 4.89. The molecule has 0 aromatic carbocycles. The van der Waals surface area contributed by atoms with E-state index >= 15 is 0 Å². The molecule has 15 heavy (non-hydrogen) atoms. The average Bonchev–Trinajstić information content (AvgIpc) is 2.15. The van der Waals surface area contributed by atoms with Crippen molar-refractivity contribution in [2.24, 2.45) is 0 Å². The summed E-state index contributed by atoms with van der Waals surface area (Å²) in [5, 5.41) is 10.4. The predicted octanol–water partition coefficient (Wildman–Crippen LogP) is 0.124. The van der Waals surface area contributed by atoms with Crippen LogP contribution in [0.1, 0.15) is 26.7 Å². The molecule has 5 nitrogen and oxygen atoms in total. The first-order chi connectivity index (χ1) is 7.02. The summed E-state index contributed by atoms with van der Waals surface area (Å²) in [7, 11) is -1.47. The normalized spacial score (nSPS) is 14.3. The summed E-state index contributed by atoms with van der Waals surface area (Å²) in [5.41, 5.74) is 0. The standard InChI is InChI=1S/C9H17NO4S/c1-3-7(9(12)13)15(14)6-5-8(11)10-4-2/h7H,3-6H2,1-2H3,(H,10,11)(H,12,13). The van der Waals surface area contributed by atoms with E-state index in [-0.39, 0.29) is 18.1 Å². The lowest BCUT2D eigenvalue weighted by Crippen LogP contribution is -2.29. The highest BCUT2D eigenvalue weighted by Gasteiger charge is 2.22. The van der Waals surface area contributed by atoms with Gasteiger partial charge in [0.2, 0.25) is 5.91 Å². The molecule has 2 atom stereocenters. The zero-order chi connectivity index (χ0) is 11.8. The predicted molar refractivity (Wildman–Crippen MR) is 58.0 cm³/mol. The minimum Gasteiger partial charge on any atom is -0.480 e. The SMILES string of the molecule is CCNC(=O)CCS(=O)C(CC)C(=O)O. The van der Waals surface area contributed by atoms with Crippen molar-refractivity contribution in [2.45, 2.75) is 31.9 Å². The molecule has 0 aliphatic heterocycles. The van der Waals surface area contributed by atoms with Crippen molar-refractivity contribution in [3.8, 4) is 0 Å². The van der Waals surface area contributed by atoms with Crippen LogP contribution in [0, 0.1) is 0 Å². The van der Waals surface area contributed by atoms with Crippen molar-refractivity contribution in [1.29, 1.82) is 0 Å². The van der Waals surface area contributed by atoms with Crippen LogP contribution in [0.5, 0.6) is 0 Å². The Hall–Kier alpha value is -0.910. The van der Waals surface area contributed by atoms with Gasteiger partial charge in [0.25, 0.3) is 0 Å². The molecule has 0 saturated carbocycles. The van der Waals surface area contributed by atoms with Crippen LogP contribution in [0.2, 0.25) is 0 Å². The Morgan fingerprint density at radius 2 is 2.00 bits per heavy atom. The zero-order valence-corrected chi connectivity index (χ0v) is 9.80. The molecule has 0 spiro atoms. The number of rotatable bonds is 7. The Kier molecular flexibility index (Phi) is 6.94. The van der Waals surface area contributed by atoms with Crippen LogP contribution in [-0.4, -0.2) is 38.7 Å². The summed E-state index contributed by atoms with van der Waals surface area (Å²) in [6.45, 7) is 3.99. The third kappa shape index (κ3) is 5.51. The van der Waals surface area contributed by atoms with Crippen LogP contribution in [0.25, 0.3) is 0 Å². The van der Waals surface area contributed by atoms with Gasteiger partial charge in [-0.1, -0.05) is 6.92 Å². The molecule has 0 fully saturated rings. The molecule has 0 bridgehead atoms. The number of carbonyl (C=O) groups is 2. The molecule has 2 N–H and O–H groups in total. The molecule has 0 aliphatic carbocycles. The first kappa shape index (κ1) is 14.1. The first-order valence-corrected chi connectivity index (χ1v) is 6.27. The van der Waals surface area contributed by atoms with Gasteiger partial charge in [-0.2, -0.15) is 0 Å². The fourth-order valence-corrected chi connectivity index (χ4v) is 2.36. The van der Waals surface area contributed by atoms with Crippen LogP contribution in [0.3, 0.4) is 0 Å². The Bertz CT molecular complexity index is 254. The summed E-state index contributed by atoms with van der Waals surface area (Å²) in [4.78, 5) is 21.7. The van der Waals surface area contributed by atoms with Crippen LogP contribution in [0.15, 0.2) is 0 Å². The van der Waals surface area contributed by atoms with Crippen molar-refractivity contribution in [2.75, 3.05) is 12.3 Å². The minimum absolute atomic E-state index is 0.108. The molecule has 0 saturated heterocycles. The molecular formula is C9H17NO4S. The second kappa shape index (κ2) is 7.39. The van der Waals surface area contributed by atoms with E-state index in [0.717, 1.165) is 0 Å². The molecule has 0 aromatic rings. The fraction of sp³-hybridized carbons (Fsp3) is 0.778. The van der Waals surface area contributed by atoms with Crippen LogP contribution >= 0.6 is 0 Å². The maximum absolute atomic E-state index is 11.5. The zero-order valence-electron chi connectivity index (χ0n) is 8.99. The molecule has 1 amide bonds. The molecule has 2 unspecified atom stereocenters. The Morgan fingerprint density at radius 1 is 1.40 bits per heavy atom. The van der Waals surface area contributed by atoms with Crippen molar-refractivity contribution in [1.82, 2.24) is 5.32 Å². The van der Waals surface area contributed by atoms with E-state index in [1.807, 2.05) is 0 Å². The van der Waals surface area contributed by atoms with Crippen molar-refractivity contribution in [3.63, 3.8) is 0 Å². The lowest BCUT2D eigenvalue weighted by atomic mass is 10.3. The number of carbonyl (C=O) groups excluding carboxylic acids is 1. The third-order valence-corrected chi connectivity index (χ3v) is 3.64. The van der Waals surface area contributed by atoms with E-state index in [2.05, 4.69) is 5.32 Å². The molecule has 0 aromatic heterocycles. The van der Waals surface area contributed by atoms with Gasteiger partial charge in [0, 0.05) is 29.5 Å². The van der Waals surface area contributed by atoms with Crippen molar-refractivity contribution >= 4 is 22.7 Å². The van der Waals surface area contributed by atoms with E-state index in [0.29, 0.717) is 13.0 Å². The number of amides is 1. The maximum Gasteiger partial charge on any atom is 0.319 e. The Balaban J connectivity index is 4.01. The number of hydrogen-bond donors (Lipinski definition) is 2. The van der Waals surface area contributed by atoms with Gasteiger partial charge in [0.1, 0.15) is 5.25 Å². The summed E-state index contributed by atoms with van der Waals surface area (Å²) in [6.07, 6.45) is 0.432. The number of nitrogens with one attached hydrogen (secondary N) is 1. The highest BCUT2D eigenvalue weighted by atomic mass is 32.2. The third-order valence-electron chi connectivity index (χ3n) is 1.87. The number of carboxylic acid groups (broad SMARTS) is 1. The van der Waals surface area contributed by atoms with Gasteiger partial charge in [0.15, 0.2) is 0 Å². The summed E-state index contributed by atoms with van der Waals surface area (Å²) in [6, 6.07) is 0. The quantitative estimate of drug-likeness (QED) is 0.656. The summed E-state index contributed by atoms with van der Waals surface area (Å²) in [5.74, 6) is -1.14. The van der Waals surface area contributed by atoms with E-state index in [4.69, 9.17) is 5.11 Å². The molecule has 0 aliphatic rings. The van der Waals surface area contributed by atoms with Crippen molar-refractivity contribution in [3.05, 3.63) is 0 Å². The number of hydrogen-bond acceptors (Lipinski definition) is 3. The largest absolute Gasteiger partial charge is 0.480 e. The lowest BCUT2D eigenvalue weighted by Gasteiger charge is -2.09. The molecule has 0 radical (unpaired) electrons. The Labute approximate surface area is 91.7 Å². The molecule has 88 valence electrons. The molecule has 6 heteroatoms. The van der Waals surface area contributed by atoms with Gasteiger partial charge in [-0.3, -0.25) is 13.8 Å². The van der Waals surface area contributed by atoms with E-state index in [1.54, 1.807) is 13.8 Å². The van der Waals surface area contributed by atoms with Gasteiger partial charge in [-0.15, -0.1) is 0 Å². The number of carboxylic acids is 1. The lowest BCUT2D eigenvalue weighted by molar-refractivity contribution is -0.136. The second-order valence-electron chi connectivity index (χ2n) is 3.02. The van der Waals surface area contributed by atoms with Gasteiger partial charge in [-0.25, -0.2) is 0 Å².